The first kappa shape index (κ1) is 19.4. The fraction of sp³-hybridized carbons (Fsp3) is 0.261. The molecule has 0 spiro atoms. The number of primary amides is 1. The van der Waals surface area contributed by atoms with Crippen LogP contribution in [-0.2, 0) is 6.42 Å². The molecule has 1 amide bonds. The number of hydrogen-bond acceptors (Lipinski definition) is 1. The van der Waals surface area contributed by atoms with Crippen molar-refractivity contribution in [1.29, 1.82) is 0 Å². The first-order valence-corrected chi connectivity index (χ1v) is 10.0. The van der Waals surface area contributed by atoms with Crippen molar-refractivity contribution < 1.29 is 4.79 Å². The summed E-state index contributed by atoms with van der Waals surface area (Å²) >= 11 is 3.50. The number of hydrogen-bond donors (Lipinski definition) is 1. The van der Waals surface area contributed by atoms with E-state index in [0.717, 1.165) is 39.8 Å². The van der Waals surface area contributed by atoms with Gasteiger partial charge in [0, 0.05) is 16.2 Å². The summed E-state index contributed by atoms with van der Waals surface area (Å²) in [7, 11) is 0. The number of carbonyl (C=O) groups is 1. The molecule has 2 N–H and O–H groups in total. The van der Waals surface area contributed by atoms with Crippen molar-refractivity contribution in [1.82, 2.24) is 4.57 Å². The number of amides is 1. The van der Waals surface area contributed by atoms with E-state index in [-0.39, 0.29) is 11.9 Å². The molecule has 0 aliphatic heterocycles. The van der Waals surface area contributed by atoms with E-state index in [1.54, 1.807) is 0 Å². The van der Waals surface area contributed by atoms with E-state index in [1.165, 1.54) is 5.56 Å². The van der Waals surface area contributed by atoms with Gasteiger partial charge >= 0.3 is 0 Å². The van der Waals surface area contributed by atoms with Gasteiger partial charge < -0.3 is 10.3 Å². The molecule has 0 radical (unpaired) electrons. The van der Waals surface area contributed by atoms with Gasteiger partial charge in [0.05, 0.1) is 11.3 Å². The van der Waals surface area contributed by atoms with E-state index in [1.807, 2.05) is 32.0 Å². The van der Waals surface area contributed by atoms with Crippen LogP contribution in [0.4, 0.5) is 0 Å². The van der Waals surface area contributed by atoms with Crippen LogP contribution in [0, 0.1) is 13.8 Å². The summed E-state index contributed by atoms with van der Waals surface area (Å²) in [6.45, 7) is 6.20. The Morgan fingerprint density at radius 1 is 1.07 bits per heavy atom. The van der Waals surface area contributed by atoms with Crippen LogP contribution in [-0.4, -0.2) is 10.5 Å². The van der Waals surface area contributed by atoms with E-state index in [9.17, 15) is 4.79 Å². The Morgan fingerprint density at radius 3 is 2.30 bits per heavy atom. The second kappa shape index (κ2) is 8.13. The Bertz CT molecular complexity index is 943. The second-order valence-electron chi connectivity index (χ2n) is 7.05. The number of halogens is 1. The minimum atomic E-state index is -0.364. The van der Waals surface area contributed by atoms with Crippen molar-refractivity contribution in [3.8, 4) is 11.3 Å². The van der Waals surface area contributed by atoms with Gasteiger partial charge in [0.1, 0.15) is 0 Å². The van der Waals surface area contributed by atoms with Crippen LogP contribution < -0.4 is 5.73 Å². The zero-order chi connectivity index (χ0) is 19.6. The molecule has 140 valence electrons. The van der Waals surface area contributed by atoms with Crippen molar-refractivity contribution in [2.75, 3.05) is 0 Å². The maximum atomic E-state index is 12.1. The van der Waals surface area contributed by atoms with Gasteiger partial charge in [0.2, 0.25) is 0 Å². The highest BCUT2D eigenvalue weighted by Crippen LogP contribution is 2.35. The number of nitrogens with zero attached hydrogens (tertiary/aromatic N) is 1. The lowest BCUT2D eigenvalue weighted by molar-refractivity contribution is 0.0999. The summed E-state index contributed by atoms with van der Waals surface area (Å²) in [5.41, 5.74) is 11.7. The Hall–Kier alpha value is -2.33. The maximum Gasteiger partial charge on any atom is 0.250 e. The molecule has 1 atom stereocenters. The lowest BCUT2D eigenvalue weighted by Gasteiger charge is -2.21. The number of aromatic nitrogens is 1. The van der Waals surface area contributed by atoms with Crippen molar-refractivity contribution in [3.05, 3.63) is 81.5 Å². The summed E-state index contributed by atoms with van der Waals surface area (Å²) in [5, 5.41) is 0. The van der Waals surface area contributed by atoms with Gasteiger partial charge in [-0.2, -0.15) is 0 Å². The average Bonchev–Trinajstić information content (AvgIpc) is 2.92. The molecule has 1 aromatic heterocycles. The summed E-state index contributed by atoms with van der Waals surface area (Å²) in [6.07, 6.45) is 1.98. The average molecular weight is 425 g/mol. The summed E-state index contributed by atoms with van der Waals surface area (Å²) in [5.74, 6) is -0.364. The number of nitrogens with two attached hydrogens (primary N) is 1. The van der Waals surface area contributed by atoms with Crippen LogP contribution in [0.5, 0.6) is 0 Å². The molecular weight excluding hydrogens is 400 g/mol. The largest absolute Gasteiger partial charge is 0.366 e. The normalized spacial score (nSPS) is 12.1. The molecular formula is C23H25BrN2O. The van der Waals surface area contributed by atoms with Crippen LogP contribution in [0.1, 0.15) is 46.6 Å². The Morgan fingerprint density at radius 2 is 1.70 bits per heavy atom. The van der Waals surface area contributed by atoms with Crippen LogP contribution in [0.25, 0.3) is 11.3 Å². The third-order valence-electron chi connectivity index (χ3n) is 5.19. The Labute approximate surface area is 169 Å². The van der Waals surface area contributed by atoms with Gasteiger partial charge in [-0.3, -0.25) is 4.79 Å². The van der Waals surface area contributed by atoms with Crippen LogP contribution in [0.2, 0.25) is 0 Å². The van der Waals surface area contributed by atoms with E-state index >= 15 is 0 Å². The smallest absolute Gasteiger partial charge is 0.250 e. The molecule has 0 saturated heterocycles. The highest BCUT2D eigenvalue weighted by Gasteiger charge is 2.24. The third kappa shape index (κ3) is 4.01. The Kier molecular flexibility index (Phi) is 5.85. The maximum absolute atomic E-state index is 12.1. The minimum absolute atomic E-state index is 0.246. The summed E-state index contributed by atoms with van der Waals surface area (Å²) in [4.78, 5) is 12.1. The zero-order valence-electron chi connectivity index (χ0n) is 16.0. The van der Waals surface area contributed by atoms with Gasteiger partial charge in [-0.05, 0) is 62.4 Å². The minimum Gasteiger partial charge on any atom is -0.366 e. The fourth-order valence-electron chi connectivity index (χ4n) is 3.89. The molecule has 0 saturated carbocycles. The molecule has 1 unspecified atom stereocenters. The lowest BCUT2D eigenvalue weighted by atomic mass is 10.0. The van der Waals surface area contributed by atoms with Crippen molar-refractivity contribution in [2.45, 2.75) is 39.7 Å². The number of rotatable bonds is 6. The van der Waals surface area contributed by atoms with Gasteiger partial charge in [-0.1, -0.05) is 58.4 Å². The molecule has 3 nitrogen and oxygen atoms in total. The van der Waals surface area contributed by atoms with E-state index in [0.29, 0.717) is 5.56 Å². The third-order valence-corrected chi connectivity index (χ3v) is 5.72. The van der Waals surface area contributed by atoms with Gasteiger partial charge in [-0.15, -0.1) is 0 Å². The molecule has 2 aromatic carbocycles. The standard InChI is InChI=1S/C23H25BrN2O/c1-15(9-10-18-7-5-4-6-8-18)26-17(3)21(23(25)27)16(2)22(26)19-11-13-20(24)14-12-19/h4-8,11-15H,9-10H2,1-3H3,(H2,25,27). The SMILES string of the molecule is Cc1c(C(N)=O)c(C)n(C(C)CCc2ccccc2)c1-c1ccc(Br)cc1. The van der Waals surface area contributed by atoms with Crippen LogP contribution in [0.3, 0.4) is 0 Å². The predicted molar refractivity (Wildman–Crippen MR) is 115 cm³/mol. The van der Waals surface area contributed by atoms with Crippen LogP contribution >= 0.6 is 15.9 Å². The van der Waals surface area contributed by atoms with Crippen LogP contribution in [0.15, 0.2) is 59.1 Å². The summed E-state index contributed by atoms with van der Waals surface area (Å²) in [6, 6.07) is 19.0. The lowest BCUT2D eigenvalue weighted by Crippen LogP contribution is -2.14. The van der Waals surface area contributed by atoms with Crippen molar-refractivity contribution in [2.24, 2.45) is 5.73 Å². The summed E-state index contributed by atoms with van der Waals surface area (Å²) < 4.78 is 3.31. The molecule has 0 bridgehead atoms. The fourth-order valence-corrected chi connectivity index (χ4v) is 4.15. The molecule has 27 heavy (non-hydrogen) atoms. The second-order valence-corrected chi connectivity index (χ2v) is 7.96. The van der Waals surface area contributed by atoms with E-state index in [4.69, 9.17) is 5.73 Å². The highest BCUT2D eigenvalue weighted by molar-refractivity contribution is 9.10. The molecule has 3 aromatic rings. The quantitative estimate of drug-likeness (QED) is 0.531. The zero-order valence-corrected chi connectivity index (χ0v) is 17.6. The topological polar surface area (TPSA) is 48.0 Å². The Balaban J connectivity index is 2.03. The molecule has 4 heteroatoms. The molecule has 3 rings (SSSR count). The predicted octanol–water partition coefficient (Wildman–Crippen LogP) is 5.83. The molecule has 0 aliphatic rings. The number of benzene rings is 2. The highest BCUT2D eigenvalue weighted by atomic mass is 79.9. The van der Waals surface area contributed by atoms with Crippen molar-refractivity contribution in [3.63, 3.8) is 0 Å². The van der Waals surface area contributed by atoms with E-state index in [2.05, 4.69) is 63.8 Å². The number of carbonyl (C=O) groups excluding carboxylic acids is 1. The van der Waals surface area contributed by atoms with Gasteiger partial charge in [0.25, 0.3) is 5.91 Å². The first-order chi connectivity index (χ1) is 12.9. The van der Waals surface area contributed by atoms with Gasteiger partial charge in [-0.25, -0.2) is 0 Å². The first-order valence-electron chi connectivity index (χ1n) is 9.21. The molecule has 1 heterocycles. The van der Waals surface area contributed by atoms with E-state index < -0.39 is 0 Å². The number of aryl methyl sites for hydroxylation is 1. The van der Waals surface area contributed by atoms with Gasteiger partial charge in [0.15, 0.2) is 0 Å². The monoisotopic (exact) mass is 424 g/mol. The van der Waals surface area contributed by atoms with Crippen molar-refractivity contribution >= 4 is 21.8 Å². The molecule has 0 fully saturated rings. The molecule has 0 aliphatic carbocycles.